The molecule has 0 bridgehead atoms. The van der Waals surface area contributed by atoms with Crippen LogP contribution in [-0.2, 0) is 9.63 Å². The topological polar surface area (TPSA) is 139 Å². The van der Waals surface area contributed by atoms with Crippen molar-refractivity contribution in [1.29, 1.82) is 0 Å². The number of hydrogen-bond donors (Lipinski definition) is 4. The average molecular weight is 485 g/mol. The Hall–Kier alpha value is -3.37. The van der Waals surface area contributed by atoms with E-state index < -0.39 is 17.5 Å². The summed E-state index contributed by atoms with van der Waals surface area (Å²) < 4.78 is 5.83. The Morgan fingerprint density at radius 3 is 2.77 bits per heavy atom. The Kier molecular flexibility index (Phi) is 8.38. The van der Waals surface area contributed by atoms with Gasteiger partial charge < -0.3 is 30.3 Å². The summed E-state index contributed by atoms with van der Waals surface area (Å²) >= 11 is 0. The number of rotatable bonds is 12. The molecule has 1 fully saturated rings. The molecule has 1 aromatic heterocycles. The number of aromatic amines is 1. The molecule has 1 heterocycles. The Bertz CT molecular complexity index is 1150. The number of nitrogens with one attached hydrogen (secondary N) is 3. The number of aliphatic hydroxyl groups is 1. The minimum absolute atomic E-state index is 0.129. The van der Waals surface area contributed by atoms with Crippen LogP contribution in [0, 0.1) is 16.0 Å². The lowest BCUT2D eigenvalue weighted by atomic mass is 9.84. The van der Waals surface area contributed by atoms with Crippen LogP contribution in [-0.4, -0.2) is 53.1 Å². The summed E-state index contributed by atoms with van der Waals surface area (Å²) in [5, 5.41) is 28.3. The highest BCUT2D eigenvalue weighted by molar-refractivity contribution is 6.10. The van der Waals surface area contributed by atoms with Gasteiger partial charge in [0, 0.05) is 48.8 Å². The third-order valence-electron chi connectivity index (χ3n) is 6.46. The van der Waals surface area contributed by atoms with Crippen LogP contribution >= 0.6 is 0 Å². The van der Waals surface area contributed by atoms with Crippen LogP contribution in [0.5, 0.6) is 5.75 Å². The van der Waals surface area contributed by atoms with E-state index in [0.717, 1.165) is 41.1 Å². The molecule has 0 spiro atoms. The first-order valence-corrected chi connectivity index (χ1v) is 12.1. The fourth-order valence-corrected chi connectivity index (χ4v) is 4.78. The molecule has 1 unspecified atom stereocenters. The molecule has 10 nitrogen and oxygen atoms in total. The number of nitrogens with zero attached hydrogens (tertiary/aromatic N) is 1. The smallest absolute Gasteiger partial charge is 0.294 e. The van der Waals surface area contributed by atoms with E-state index in [0.29, 0.717) is 38.2 Å². The standard InChI is InChI=1S/C25H32N4O6/c30-23(16-17-6-1-4-10-21(17)35-29(32)33)27-15-14-26-13-12-24(31)34-22-11-5-9-20-25(22)18-7-2-3-8-19(18)28-20/h2-3,5,7-9,11,17,21,24,26,28,31H,1,4,6,10,12-16H2,(H,27,30)/t17-,21+,24?/m0/s1. The van der Waals surface area contributed by atoms with Crippen molar-refractivity contribution in [3.63, 3.8) is 0 Å². The van der Waals surface area contributed by atoms with E-state index in [-0.39, 0.29) is 18.2 Å². The molecule has 3 aromatic rings. The van der Waals surface area contributed by atoms with Crippen molar-refractivity contribution >= 4 is 27.7 Å². The fourth-order valence-electron chi connectivity index (χ4n) is 4.78. The zero-order valence-corrected chi connectivity index (χ0v) is 19.6. The second-order valence-corrected chi connectivity index (χ2v) is 8.93. The number of carbonyl (C=O) groups excluding carboxylic acids is 1. The molecule has 0 saturated heterocycles. The van der Waals surface area contributed by atoms with Crippen molar-refractivity contribution in [2.24, 2.45) is 5.92 Å². The molecule has 3 atom stereocenters. The van der Waals surface area contributed by atoms with Gasteiger partial charge in [-0.3, -0.25) is 4.79 Å². The fraction of sp³-hybridized carbons (Fsp3) is 0.480. The number of benzene rings is 2. The summed E-state index contributed by atoms with van der Waals surface area (Å²) in [4.78, 5) is 31.0. The number of aromatic nitrogens is 1. The maximum atomic E-state index is 12.2. The van der Waals surface area contributed by atoms with Gasteiger partial charge in [-0.25, -0.2) is 0 Å². The molecular formula is C25H32N4O6. The van der Waals surface area contributed by atoms with Gasteiger partial charge >= 0.3 is 0 Å². The van der Waals surface area contributed by atoms with Gasteiger partial charge in [-0.05, 0) is 37.0 Å². The summed E-state index contributed by atoms with van der Waals surface area (Å²) in [6.07, 6.45) is 2.34. The first-order chi connectivity index (χ1) is 17.0. The van der Waals surface area contributed by atoms with Gasteiger partial charge in [-0.15, -0.1) is 10.1 Å². The summed E-state index contributed by atoms with van der Waals surface area (Å²) in [6, 6.07) is 13.7. The molecule has 188 valence electrons. The Balaban J connectivity index is 1.16. The molecule has 0 aliphatic heterocycles. The minimum Gasteiger partial charge on any atom is -0.464 e. The van der Waals surface area contributed by atoms with E-state index in [1.807, 2.05) is 42.5 Å². The third-order valence-corrected chi connectivity index (χ3v) is 6.46. The third kappa shape index (κ3) is 6.61. The number of fused-ring (bicyclic) bond motifs is 3. The lowest BCUT2D eigenvalue weighted by Gasteiger charge is -2.29. The summed E-state index contributed by atoms with van der Waals surface area (Å²) in [7, 11) is 0. The molecule has 35 heavy (non-hydrogen) atoms. The van der Waals surface area contributed by atoms with Gasteiger partial charge in [0.25, 0.3) is 5.09 Å². The quantitative estimate of drug-likeness (QED) is 0.134. The molecule has 10 heteroatoms. The SMILES string of the molecule is O=C(C[C@@H]1CCCC[C@H]1O[N+](=O)[O-])NCCNCCC(O)Oc1cccc2[nH]c3ccccc3c12. The largest absolute Gasteiger partial charge is 0.464 e. The number of carbonyl (C=O) groups is 1. The van der Waals surface area contributed by atoms with Crippen molar-refractivity contribution in [1.82, 2.24) is 15.6 Å². The van der Waals surface area contributed by atoms with Crippen LogP contribution in [0.3, 0.4) is 0 Å². The van der Waals surface area contributed by atoms with Gasteiger partial charge in [0.05, 0.1) is 5.52 Å². The van der Waals surface area contributed by atoms with Crippen molar-refractivity contribution in [2.45, 2.75) is 50.9 Å². The van der Waals surface area contributed by atoms with Crippen LogP contribution in [0.1, 0.15) is 38.5 Å². The van der Waals surface area contributed by atoms with Crippen LogP contribution in [0.4, 0.5) is 0 Å². The maximum absolute atomic E-state index is 12.2. The number of amides is 1. The summed E-state index contributed by atoms with van der Waals surface area (Å²) in [5.74, 6) is 0.364. The van der Waals surface area contributed by atoms with Crippen LogP contribution in [0.2, 0.25) is 0 Å². The zero-order chi connectivity index (χ0) is 24.6. The van der Waals surface area contributed by atoms with Crippen LogP contribution < -0.4 is 15.4 Å². The molecule has 2 aromatic carbocycles. The minimum atomic E-state index is -0.971. The predicted molar refractivity (Wildman–Crippen MR) is 131 cm³/mol. The van der Waals surface area contributed by atoms with E-state index >= 15 is 0 Å². The van der Waals surface area contributed by atoms with Gasteiger partial charge in [-0.1, -0.05) is 37.1 Å². The number of hydrogen-bond acceptors (Lipinski definition) is 7. The number of aliphatic hydroxyl groups excluding tert-OH is 1. The highest BCUT2D eigenvalue weighted by Crippen LogP contribution is 2.33. The molecule has 1 amide bonds. The highest BCUT2D eigenvalue weighted by atomic mass is 17.0. The highest BCUT2D eigenvalue weighted by Gasteiger charge is 2.29. The number of ether oxygens (including phenoxy) is 1. The molecule has 0 radical (unpaired) electrons. The molecule has 4 rings (SSSR count). The Labute approximate surface area is 203 Å². The van der Waals surface area contributed by atoms with Crippen LogP contribution in [0.25, 0.3) is 21.8 Å². The molecule has 1 aliphatic carbocycles. The van der Waals surface area contributed by atoms with Crippen molar-refractivity contribution in [2.75, 3.05) is 19.6 Å². The van der Waals surface area contributed by atoms with E-state index in [2.05, 4.69) is 15.6 Å². The molecule has 4 N–H and O–H groups in total. The average Bonchev–Trinajstić information content (AvgIpc) is 3.22. The molecular weight excluding hydrogens is 452 g/mol. The van der Waals surface area contributed by atoms with E-state index in [4.69, 9.17) is 9.57 Å². The number of para-hydroxylation sites is 1. The summed E-state index contributed by atoms with van der Waals surface area (Å²) in [5.41, 5.74) is 1.97. The second-order valence-electron chi connectivity index (χ2n) is 8.93. The van der Waals surface area contributed by atoms with E-state index in [9.17, 15) is 20.0 Å². The van der Waals surface area contributed by atoms with Crippen molar-refractivity contribution in [3.8, 4) is 5.75 Å². The monoisotopic (exact) mass is 484 g/mol. The summed E-state index contributed by atoms with van der Waals surface area (Å²) in [6.45, 7) is 1.48. The maximum Gasteiger partial charge on any atom is 0.294 e. The number of H-pyrrole nitrogens is 1. The second kappa shape index (κ2) is 11.9. The Morgan fingerprint density at radius 1 is 1.11 bits per heavy atom. The first kappa shape index (κ1) is 24.7. The lowest BCUT2D eigenvalue weighted by Crippen LogP contribution is -2.37. The van der Waals surface area contributed by atoms with Crippen molar-refractivity contribution in [3.05, 3.63) is 52.6 Å². The Morgan fingerprint density at radius 2 is 1.91 bits per heavy atom. The normalized spacial score (nSPS) is 18.9. The predicted octanol–water partition coefficient (Wildman–Crippen LogP) is 3.27. The molecule has 1 saturated carbocycles. The molecule has 1 aliphatic rings. The van der Waals surface area contributed by atoms with Crippen molar-refractivity contribution < 1.29 is 24.6 Å². The van der Waals surface area contributed by atoms with Gasteiger partial charge in [0.1, 0.15) is 11.9 Å². The van der Waals surface area contributed by atoms with E-state index in [1.54, 1.807) is 0 Å². The van der Waals surface area contributed by atoms with Gasteiger partial charge in [0.15, 0.2) is 6.29 Å². The first-order valence-electron chi connectivity index (χ1n) is 12.1. The van der Waals surface area contributed by atoms with E-state index in [1.165, 1.54) is 0 Å². The zero-order valence-electron chi connectivity index (χ0n) is 19.6. The van der Waals surface area contributed by atoms with Gasteiger partial charge in [-0.2, -0.15) is 0 Å². The van der Waals surface area contributed by atoms with Gasteiger partial charge in [0.2, 0.25) is 5.91 Å². The lowest BCUT2D eigenvalue weighted by molar-refractivity contribution is -0.771. The van der Waals surface area contributed by atoms with Crippen LogP contribution in [0.15, 0.2) is 42.5 Å².